The summed E-state index contributed by atoms with van der Waals surface area (Å²) >= 11 is 6.46. The minimum Gasteiger partial charge on any atom is -0.351 e. The maximum Gasteiger partial charge on any atom is 0.291 e. The molecule has 34 heavy (non-hydrogen) atoms. The van der Waals surface area contributed by atoms with Crippen LogP contribution in [0.5, 0.6) is 0 Å². The predicted octanol–water partition coefficient (Wildman–Crippen LogP) is 5.33. The highest BCUT2D eigenvalue weighted by Crippen LogP contribution is 2.33. The normalized spacial score (nSPS) is 21.7. The lowest BCUT2D eigenvalue weighted by atomic mass is 9.92. The van der Waals surface area contributed by atoms with Gasteiger partial charge in [0.1, 0.15) is 5.54 Å². The standard InChI is InChI=1S/C27H31ClN4O2/c1-27(26(34)29-20-12-5-3-2-4-6-13-20)18-31-23-16-10-9-15-22(23)30-24(31)25(33)32(27)17-19-11-7-8-14-21(19)28/h7-11,14-16,20H,2-6,12-13,17-18H2,1H3,(H,29,34)/t27-/m0/s1. The second kappa shape index (κ2) is 9.41. The van der Waals surface area contributed by atoms with E-state index in [1.54, 1.807) is 4.90 Å². The quantitative estimate of drug-likeness (QED) is 0.550. The van der Waals surface area contributed by atoms with Crippen molar-refractivity contribution in [3.8, 4) is 0 Å². The molecule has 5 rings (SSSR count). The second-order valence-electron chi connectivity index (χ2n) is 9.78. The number of carbonyl (C=O) groups excluding carboxylic acids is 2. The Kier molecular flexibility index (Phi) is 6.34. The van der Waals surface area contributed by atoms with Gasteiger partial charge in [-0.15, -0.1) is 0 Å². The molecule has 0 bridgehead atoms. The van der Waals surface area contributed by atoms with Crippen LogP contribution in [0.1, 0.15) is 68.1 Å². The topological polar surface area (TPSA) is 67.2 Å². The van der Waals surface area contributed by atoms with E-state index in [1.807, 2.05) is 60.0 Å². The molecule has 178 valence electrons. The Labute approximate surface area is 205 Å². The van der Waals surface area contributed by atoms with Gasteiger partial charge in [0.2, 0.25) is 5.91 Å². The van der Waals surface area contributed by atoms with Crippen molar-refractivity contribution in [2.24, 2.45) is 0 Å². The molecule has 2 aromatic carbocycles. The zero-order chi connectivity index (χ0) is 23.7. The molecule has 1 N–H and O–H groups in total. The number of nitrogens with zero attached hydrogens (tertiary/aromatic N) is 3. The molecule has 0 radical (unpaired) electrons. The molecule has 6 nitrogen and oxygen atoms in total. The summed E-state index contributed by atoms with van der Waals surface area (Å²) in [7, 11) is 0. The Morgan fingerprint density at radius 2 is 1.74 bits per heavy atom. The molecule has 2 amide bonds. The van der Waals surface area contributed by atoms with Crippen LogP contribution in [0.15, 0.2) is 48.5 Å². The van der Waals surface area contributed by atoms with E-state index >= 15 is 0 Å². The van der Waals surface area contributed by atoms with Crippen molar-refractivity contribution < 1.29 is 9.59 Å². The van der Waals surface area contributed by atoms with Crippen molar-refractivity contribution in [3.63, 3.8) is 0 Å². The number of amides is 2. The number of hydrogen-bond donors (Lipinski definition) is 1. The second-order valence-corrected chi connectivity index (χ2v) is 10.2. The number of rotatable bonds is 4. The molecule has 3 aromatic rings. The fraction of sp³-hybridized carbons (Fsp3) is 0.444. The Hall–Kier alpha value is -2.86. The van der Waals surface area contributed by atoms with E-state index in [1.165, 1.54) is 19.3 Å². The maximum absolute atomic E-state index is 13.9. The lowest BCUT2D eigenvalue weighted by molar-refractivity contribution is -0.134. The van der Waals surface area contributed by atoms with Crippen LogP contribution in [0.25, 0.3) is 11.0 Å². The van der Waals surface area contributed by atoms with Crippen molar-refractivity contribution in [2.75, 3.05) is 0 Å². The third kappa shape index (κ3) is 4.20. The van der Waals surface area contributed by atoms with E-state index in [2.05, 4.69) is 10.3 Å². The highest BCUT2D eigenvalue weighted by molar-refractivity contribution is 6.31. The number of para-hydroxylation sites is 2. The van der Waals surface area contributed by atoms with Crippen molar-refractivity contribution in [1.82, 2.24) is 19.8 Å². The zero-order valence-corrected chi connectivity index (χ0v) is 20.4. The summed E-state index contributed by atoms with van der Waals surface area (Å²) in [6.45, 7) is 2.46. The summed E-state index contributed by atoms with van der Waals surface area (Å²) in [5.74, 6) is 0.00377. The molecule has 1 atom stereocenters. The van der Waals surface area contributed by atoms with Crippen LogP contribution in [-0.4, -0.2) is 37.8 Å². The Morgan fingerprint density at radius 3 is 2.50 bits per heavy atom. The van der Waals surface area contributed by atoms with Gasteiger partial charge in [-0.2, -0.15) is 0 Å². The number of benzene rings is 2. The largest absolute Gasteiger partial charge is 0.351 e. The van der Waals surface area contributed by atoms with Gasteiger partial charge in [-0.1, -0.05) is 74.0 Å². The van der Waals surface area contributed by atoms with Gasteiger partial charge in [0.15, 0.2) is 5.82 Å². The number of fused-ring (bicyclic) bond motifs is 3. The molecular formula is C27H31ClN4O2. The first-order chi connectivity index (χ1) is 16.5. The van der Waals surface area contributed by atoms with Crippen LogP contribution in [0.4, 0.5) is 0 Å². The van der Waals surface area contributed by atoms with Crippen LogP contribution in [0, 0.1) is 0 Å². The highest BCUT2D eigenvalue weighted by atomic mass is 35.5. The molecule has 0 unspecified atom stereocenters. The van der Waals surface area contributed by atoms with Gasteiger partial charge in [-0.05, 0) is 43.5 Å². The predicted molar refractivity (Wildman–Crippen MR) is 134 cm³/mol. The van der Waals surface area contributed by atoms with Gasteiger partial charge in [-0.25, -0.2) is 4.98 Å². The first kappa shape index (κ1) is 22.9. The Bertz CT molecular complexity index is 1210. The molecule has 2 aliphatic rings. The monoisotopic (exact) mass is 478 g/mol. The smallest absolute Gasteiger partial charge is 0.291 e. The molecule has 2 heterocycles. The van der Waals surface area contributed by atoms with Crippen LogP contribution < -0.4 is 5.32 Å². The fourth-order valence-corrected chi connectivity index (χ4v) is 5.51. The first-order valence-corrected chi connectivity index (χ1v) is 12.7. The molecule has 0 saturated heterocycles. The Balaban J connectivity index is 1.52. The summed E-state index contributed by atoms with van der Waals surface area (Å²) in [6, 6.07) is 15.3. The number of carbonyl (C=O) groups is 2. The SMILES string of the molecule is C[C@@]1(C(=O)NC2CCCCCCC2)Cn2c(nc3ccccc32)C(=O)N1Cc1ccccc1Cl. The lowest BCUT2D eigenvalue weighted by Crippen LogP contribution is -2.64. The number of hydrogen-bond acceptors (Lipinski definition) is 3. The van der Waals surface area contributed by atoms with Crippen molar-refractivity contribution >= 4 is 34.4 Å². The maximum atomic E-state index is 13.9. The van der Waals surface area contributed by atoms with E-state index in [0.717, 1.165) is 42.3 Å². The number of aromatic nitrogens is 2. The first-order valence-electron chi connectivity index (χ1n) is 12.3. The highest BCUT2D eigenvalue weighted by Gasteiger charge is 2.48. The summed E-state index contributed by atoms with van der Waals surface area (Å²) in [4.78, 5) is 34.0. The van der Waals surface area contributed by atoms with Crippen molar-refractivity contribution in [2.45, 2.75) is 76.5 Å². The number of nitrogens with one attached hydrogen (secondary N) is 1. The van der Waals surface area contributed by atoms with Crippen LogP contribution >= 0.6 is 11.6 Å². The molecule has 1 aliphatic heterocycles. The number of halogens is 1. The van der Waals surface area contributed by atoms with E-state index in [-0.39, 0.29) is 24.4 Å². The number of imidazole rings is 1. The average Bonchev–Trinajstić information content (AvgIpc) is 3.18. The van der Waals surface area contributed by atoms with Crippen molar-refractivity contribution in [1.29, 1.82) is 0 Å². The zero-order valence-electron chi connectivity index (χ0n) is 19.6. The minimum atomic E-state index is -1.07. The van der Waals surface area contributed by atoms with E-state index in [9.17, 15) is 9.59 Å². The molecule has 1 aliphatic carbocycles. The van der Waals surface area contributed by atoms with Crippen LogP contribution in [0.2, 0.25) is 5.02 Å². The Morgan fingerprint density at radius 1 is 1.06 bits per heavy atom. The van der Waals surface area contributed by atoms with Crippen molar-refractivity contribution in [3.05, 3.63) is 64.9 Å². The average molecular weight is 479 g/mol. The minimum absolute atomic E-state index is 0.109. The molecule has 1 fully saturated rings. The van der Waals surface area contributed by atoms with Crippen LogP contribution in [-0.2, 0) is 17.9 Å². The lowest BCUT2D eigenvalue weighted by Gasteiger charge is -2.44. The molecule has 0 spiro atoms. The summed E-state index contributed by atoms with van der Waals surface area (Å²) in [6.07, 6.45) is 7.92. The molecular weight excluding hydrogens is 448 g/mol. The summed E-state index contributed by atoms with van der Waals surface area (Å²) in [5, 5.41) is 3.90. The van der Waals surface area contributed by atoms with Gasteiger partial charge < -0.3 is 14.8 Å². The molecule has 1 aromatic heterocycles. The summed E-state index contributed by atoms with van der Waals surface area (Å²) in [5.41, 5.74) is 1.36. The van der Waals surface area contributed by atoms with Gasteiger partial charge in [-0.3, -0.25) is 9.59 Å². The third-order valence-corrected chi connectivity index (χ3v) is 7.74. The third-order valence-electron chi connectivity index (χ3n) is 7.37. The van der Waals surface area contributed by atoms with E-state index < -0.39 is 5.54 Å². The van der Waals surface area contributed by atoms with E-state index in [0.29, 0.717) is 17.4 Å². The molecule has 1 saturated carbocycles. The molecule has 7 heteroatoms. The van der Waals surface area contributed by atoms with Gasteiger partial charge >= 0.3 is 0 Å². The van der Waals surface area contributed by atoms with E-state index in [4.69, 9.17) is 11.6 Å². The van der Waals surface area contributed by atoms with Crippen LogP contribution in [0.3, 0.4) is 0 Å². The van der Waals surface area contributed by atoms with Gasteiger partial charge in [0.05, 0.1) is 17.6 Å². The summed E-state index contributed by atoms with van der Waals surface area (Å²) < 4.78 is 1.90. The van der Waals surface area contributed by atoms with Gasteiger partial charge in [0.25, 0.3) is 5.91 Å². The fourth-order valence-electron chi connectivity index (χ4n) is 5.32. The van der Waals surface area contributed by atoms with Gasteiger partial charge in [0, 0.05) is 17.6 Å².